The van der Waals surface area contributed by atoms with E-state index in [-0.39, 0.29) is 24.9 Å². The van der Waals surface area contributed by atoms with Crippen molar-refractivity contribution in [1.82, 2.24) is 5.32 Å². The number of benzene rings is 1. The summed E-state index contributed by atoms with van der Waals surface area (Å²) in [6, 6.07) is 3.86. The lowest BCUT2D eigenvalue weighted by Crippen LogP contribution is -2.35. The molecule has 0 aliphatic carbocycles. The lowest BCUT2D eigenvalue weighted by atomic mass is 10.1. The molecule has 0 bridgehead atoms. The summed E-state index contributed by atoms with van der Waals surface area (Å²) in [6.07, 6.45) is 0.235. The molecule has 0 saturated carbocycles. The first-order valence-electron chi connectivity index (χ1n) is 5.74. The Kier molecular flexibility index (Phi) is 5.88. The molecule has 0 aromatic heterocycles. The Morgan fingerprint density at radius 2 is 2.22 bits per heavy atom. The first kappa shape index (κ1) is 14.7. The minimum Gasteiger partial charge on any atom is -0.380 e. The highest BCUT2D eigenvalue weighted by atomic mass is 35.5. The van der Waals surface area contributed by atoms with Gasteiger partial charge in [-0.05, 0) is 25.1 Å². The van der Waals surface area contributed by atoms with Crippen LogP contribution in [0.2, 0.25) is 5.02 Å². The van der Waals surface area contributed by atoms with E-state index in [1.807, 2.05) is 6.92 Å². The molecule has 0 saturated heterocycles. The van der Waals surface area contributed by atoms with Gasteiger partial charge in [0, 0.05) is 36.3 Å². The van der Waals surface area contributed by atoms with Crippen LogP contribution in [-0.4, -0.2) is 25.0 Å². The highest BCUT2D eigenvalue weighted by Gasteiger charge is 2.12. The molecule has 0 spiro atoms. The molecule has 1 aromatic carbocycles. The second-order valence-electron chi connectivity index (χ2n) is 3.89. The Hall–Kier alpha value is -1.33. The quantitative estimate of drug-likeness (QED) is 0.740. The van der Waals surface area contributed by atoms with Gasteiger partial charge >= 0.3 is 0 Å². The molecule has 0 radical (unpaired) electrons. The molecule has 1 amide bonds. The van der Waals surface area contributed by atoms with E-state index in [2.05, 4.69) is 10.6 Å². The van der Waals surface area contributed by atoms with Gasteiger partial charge < -0.3 is 16.4 Å². The highest BCUT2D eigenvalue weighted by molar-refractivity contribution is 6.30. The maximum atomic E-state index is 13.1. The van der Waals surface area contributed by atoms with Crippen LogP contribution in [0.1, 0.15) is 13.3 Å². The van der Waals surface area contributed by atoms with Gasteiger partial charge in [-0.25, -0.2) is 4.39 Å². The standard InChI is InChI=1S/C12H17ClFN3O/c1-2-16-12(18)6-11(7-15)17-10-4-8(13)3-9(14)5-10/h3-5,11,17H,2,6-7,15H2,1H3,(H,16,18). The van der Waals surface area contributed by atoms with Crippen molar-refractivity contribution in [2.45, 2.75) is 19.4 Å². The van der Waals surface area contributed by atoms with Crippen molar-refractivity contribution >= 4 is 23.2 Å². The van der Waals surface area contributed by atoms with Crippen molar-refractivity contribution in [3.63, 3.8) is 0 Å². The third kappa shape index (κ3) is 4.89. The van der Waals surface area contributed by atoms with E-state index >= 15 is 0 Å². The topological polar surface area (TPSA) is 67.2 Å². The summed E-state index contributed by atoms with van der Waals surface area (Å²) in [5.41, 5.74) is 6.09. The van der Waals surface area contributed by atoms with E-state index in [1.54, 1.807) is 6.07 Å². The van der Waals surface area contributed by atoms with Crippen LogP contribution in [0.3, 0.4) is 0 Å². The zero-order valence-corrected chi connectivity index (χ0v) is 10.9. The molecule has 0 heterocycles. The van der Waals surface area contributed by atoms with E-state index in [9.17, 15) is 9.18 Å². The van der Waals surface area contributed by atoms with Gasteiger partial charge in [0.25, 0.3) is 0 Å². The molecule has 1 unspecified atom stereocenters. The SMILES string of the molecule is CCNC(=O)CC(CN)Nc1cc(F)cc(Cl)c1. The predicted molar refractivity (Wildman–Crippen MR) is 71.2 cm³/mol. The highest BCUT2D eigenvalue weighted by Crippen LogP contribution is 2.19. The van der Waals surface area contributed by atoms with Crippen molar-refractivity contribution in [2.75, 3.05) is 18.4 Å². The number of rotatable bonds is 6. The molecule has 4 N–H and O–H groups in total. The Balaban J connectivity index is 2.64. The van der Waals surface area contributed by atoms with E-state index in [0.29, 0.717) is 17.3 Å². The van der Waals surface area contributed by atoms with Gasteiger partial charge in [-0.1, -0.05) is 11.6 Å². The first-order chi connectivity index (χ1) is 8.55. The average molecular weight is 274 g/mol. The third-order valence-corrected chi connectivity index (χ3v) is 2.54. The molecule has 18 heavy (non-hydrogen) atoms. The summed E-state index contributed by atoms with van der Waals surface area (Å²) in [5, 5.41) is 5.97. The summed E-state index contributed by atoms with van der Waals surface area (Å²) in [4.78, 5) is 11.4. The minimum absolute atomic E-state index is 0.0945. The maximum Gasteiger partial charge on any atom is 0.222 e. The number of hydrogen-bond donors (Lipinski definition) is 3. The fourth-order valence-corrected chi connectivity index (χ4v) is 1.78. The van der Waals surface area contributed by atoms with Gasteiger partial charge in [0.05, 0.1) is 0 Å². The van der Waals surface area contributed by atoms with Crippen LogP contribution < -0.4 is 16.4 Å². The minimum atomic E-state index is -0.432. The number of carbonyl (C=O) groups is 1. The van der Waals surface area contributed by atoms with E-state index in [1.165, 1.54) is 12.1 Å². The van der Waals surface area contributed by atoms with Gasteiger partial charge in [0.2, 0.25) is 5.91 Å². The fourth-order valence-electron chi connectivity index (χ4n) is 1.56. The normalized spacial score (nSPS) is 12.0. The molecule has 100 valence electrons. The largest absolute Gasteiger partial charge is 0.380 e. The van der Waals surface area contributed by atoms with Gasteiger partial charge in [-0.3, -0.25) is 4.79 Å². The number of anilines is 1. The van der Waals surface area contributed by atoms with Crippen LogP contribution in [0, 0.1) is 5.82 Å². The van der Waals surface area contributed by atoms with Crippen LogP contribution in [0.25, 0.3) is 0 Å². The number of amides is 1. The van der Waals surface area contributed by atoms with Crippen LogP contribution in [0.4, 0.5) is 10.1 Å². The van der Waals surface area contributed by atoms with Crippen molar-refractivity contribution < 1.29 is 9.18 Å². The molecule has 6 heteroatoms. The Morgan fingerprint density at radius 3 is 2.78 bits per heavy atom. The lowest BCUT2D eigenvalue weighted by molar-refractivity contribution is -0.121. The van der Waals surface area contributed by atoms with Gasteiger partial charge in [0.1, 0.15) is 5.82 Å². The van der Waals surface area contributed by atoms with Crippen molar-refractivity contribution in [3.8, 4) is 0 Å². The van der Waals surface area contributed by atoms with Crippen LogP contribution in [0.5, 0.6) is 0 Å². The van der Waals surface area contributed by atoms with Crippen molar-refractivity contribution in [1.29, 1.82) is 0 Å². The van der Waals surface area contributed by atoms with Crippen molar-refractivity contribution in [3.05, 3.63) is 29.0 Å². The van der Waals surface area contributed by atoms with Gasteiger partial charge in [0.15, 0.2) is 0 Å². The average Bonchev–Trinajstić information content (AvgIpc) is 2.27. The van der Waals surface area contributed by atoms with Gasteiger partial charge in [-0.2, -0.15) is 0 Å². The Labute approximate surface area is 111 Å². The first-order valence-corrected chi connectivity index (χ1v) is 6.12. The number of hydrogen-bond acceptors (Lipinski definition) is 3. The molecule has 4 nitrogen and oxygen atoms in total. The maximum absolute atomic E-state index is 13.1. The molecule has 0 fully saturated rings. The lowest BCUT2D eigenvalue weighted by Gasteiger charge is -2.17. The van der Waals surface area contributed by atoms with E-state index in [4.69, 9.17) is 17.3 Å². The number of halogens is 2. The smallest absolute Gasteiger partial charge is 0.222 e. The number of nitrogens with one attached hydrogen (secondary N) is 2. The van der Waals surface area contributed by atoms with Crippen LogP contribution in [-0.2, 0) is 4.79 Å². The molecule has 1 rings (SSSR count). The predicted octanol–water partition coefficient (Wildman–Crippen LogP) is 1.74. The van der Waals surface area contributed by atoms with Crippen molar-refractivity contribution in [2.24, 2.45) is 5.73 Å². The molecule has 1 aromatic rings. The zero-order chi connectivity index (χ0) is 13.5. The number of carbonyl (C=O) groups excluding carboxylic acids is 1. The summed E-state index contributed by atoms with van der Waals surface area (Å²) < 4.78 is 13.1. The van der Waals surface area contributed by atoms with Crippen LogP contribution >= 0.6 is 11.6 Å². The summed E-state index contributed by atoms with van der Waals surface area (Å²) in [5.74, 6) is -0.526. The molecule has 1 atom stereocenters. The summed E-state index contributed by atoms with van der Waals surface area (Å²) in [6.45, 7) is 2.68. The molecular weight excluding hydrogens is 257 g/mol. The Morgan fingerprint density at radius 1 is 1.50 bits per heavy atom. The summed E-state index contributed by atoms with van der Waals surface area (Å²) in [7, 11) is 0. The van der Waals surface area contributed by atoms with E-state index < -0.39 is 5.82 Å². The fraction of sp³-hybridized carbons (Fsp3) is 0.417. The monoisotopic (exact) mass is 273 g/mol. The molecule has 0 aliphatic rings. The molecule has 0 aliphatic heterocycles. The second kappa shape index (κ2) is 7.18. The second-order valence-corrected chi connectivity index (χ2v) is 4.33. The zero-order valence-electron chi connectivity index (χ0n) is 10.2. The van der Waals surface area contributed by atoms with Crippen LogP contribution in [0.15, 0.2) is 18.2 Å². The number of nitrogens with two attached hydrogens (primary N) is 1. The molecular formula is C12H17ClFN3O. The van der Waals surface area contributed by atoms with Gasteiger partial charge in [-0.15, -0.1) is 0 Å². The summed E-state index contributed by atoms with van der Waals surface area (Å²) >= 11 is 5.74. The third-order valence-electron chi connectivity index (χ3n) is 2.32. The Bertz CT molecular complexity index is 394. The van der Waals surface area contributed by atoms with E-state index in [0.717, 1.165) is 0 Å².